The van der Waals surface area contributed by atoms with Crippen LogP contribution in [0, 0.1) is 28.6 Å². The molecule has 3 fully saturated rings. The first-order valence-corrected chi connectivity index (χ1v) is 9.96. The molecule has 0 aliphatic heterocycles. The summed E-state index contributed by atoms with van der Waals surface area (Å²) in [6, 6.07) is 0. The van der Waals surface area contributed by atoms with Gasteiger partial charge in [-0.15, -0.1) is 0 Å². The van der Waals surface area contributed by atoms with Crippen molar-refractivity contribution in [3.05, 3.63) is 11.6 Å². The number of carbonyl (C=O) groups is 2. The number of rotatable bonds is 2. The first-order valence-electron chi connectivity index (χ1n) is 9.96. The molecule has 144 valence electrons. The van der Waals surface area contributed by atoms with E-state index in [2.05, 4.69) is 6.92 Å². The summed E-state index contributed by atoms with van der Waals surface area (Å²) in [7, 11) is 0. The highest BCUT2D eigenvalue weighted by molar-refractivity contribution is 5.91. The summed E-state index contributed by atoms with van der Waals surface area (Å²) in [6.45, 7) is 3.46. The Balaban J connectivity index is 1.74. The van der Waals surface area contributed by atoms with Crippen molar-refractivity contribution in [2.24, 2.45) is 28.6 Å². The molecule has 4 aliphatic carbocycles. The Morgan fingerprint density at radius 3 is 2.65 bits per heavy atom. The molecule has 4 aliphatic rings. The maximum absolute atomic E-state index is 12.4. The van der Waals surface area contributed by atoms with Crippen LogP contribution in [0.4, 0.5) is 0 Å². The van der Waals surface area contributed by atoms with Gasteiger partial charge < -0.3 is 15.3 Å². The van der Waals surface area contributed by atoms with Crippen molar-refractivity contribution >= 4 is 11.6 Å². The van der Waals surface area contributed by atoms with Crippen molar-refractivity contribution in [2.45, 2.75) is 70.5 Å². The number of ketones is 2. The van der Waals surface area contributed by atoms with Crippen LogP contribution >= 0.6 is 0 Å². The summed E-state index contributed by atoms with van der Waals surface area (Å²) in [5, 5.41) is 31.7. The molecule has 26 heavy (non-hydrogen) atoms. The minimum Gasteiger partial charge on any atom is -0.393 e. The summed E-state index contributed by atoms with van der Waals surface area (Å²) in [6.07, 6.45) is 5.74. The molecule has 0 aromatic rings. The quantitative estimate of drug-likeness (QED) is 0.696. The standard InChI is InChI=1S/C21H30O5/c1-19-7-5-13(23)9-12(19)3-4-14-15-6-8-21(26,17(25)11-22)20(15,2)10-16(24)18(14)19/h9,14-16,18,22,24,26H,3-8,10-11H2,1-2H3/t14-,15-,16-,18-,19+,20+,21+/m1/s1. The van der Waals surface area contributed by atoms with Crippen LogP contribution in [0.25, 0.3) is 0 Å². The van der Waals surface area contributed by atoms with Crippen molar-refractivity contribution in [3.8, 4) is 0 Å². The first-order chi connectivity index (χ1) is 12.2. The summed E-state index contributed by atoms with van der Waals surface area (Å²) in [5.41, 5.74) is -1.23. The van der Waals surface area contributed by atoms with Crippen LogP contribution in [0.2, 0.25) is 0 Å². The van der Waals surface area contributed by atoms with Crippen LogP contribution in [0.15, 0.2) is 11.6 Å². The number of hydrogen-bond donors (Lipinski definition) is 3. The van der Waals surface area contributed by atoms with Gasteiger partial charge in [0.15, 0.2) is 11.6 Å². The molecule has 0 bridgehead atoms. The second kappa shape index (κ2) is 5.73. The predicted octanol–water partition coefficient (Wildman–Crippen LogP) is 1.78. The Hall–Kier alpha value is -1.04. The Bertz CT molecular complexity index is 684. The average Bonchev–Trinajstić information content (AvgIpc) is 2.86. The van der Waals surface area contributed by atoms with Gasteiger partial charge in [0.2, 0.25) is 0 Å². The minimum absolute atomic E-state index is 0.0697. The average molecular weight is 362 g/mol. The van der Waals surface area contributed by atoms with Gasteiger partial charge in [0.05, 0.1) is 6.10 Å². The molecule has 0 heterocycles. The van der Waals surface area contributed by atoms with Crippen molar-refractivity contribution in [2.75, 3.05) is 6.61 Å². The topological polar surface area (TPSA) is 94.8 Å². The van der Waals surface area contributed by atoms with E-state index in [-0.39, 0.29) is 29.0 Å². The molecule has 3 N–H and O–H groups in total. The van der Waals surface area contributed by atoms with Crippen LogP contribution in [0.5, 0.6) is 0 Å². The van der Waals surface area contributed by atoms with E-state index in [1.165, 1.54) is 5.57 Å². The van der Waals surface area contributed by atoms with Crippen LogP contribution in [-0.4, -0.2) is 45.2 Å². The fourth-order valence-corrected chi connectivity index (χ4v) is 7.28. The second-order valence-electron chi connectivity index (χ2n) is 9.56. The first kappa shape index (κ1) is 18.3. The van der Waals surface area contributed by atoms with Crippen LogP contribution in [0.1, 0.15) is 58.8 Å². The van der Waals surface area contributed by atoms with Gasteiger partial charge in [0.1, 0.15) is 12.2 Å². The molecule has 0 radical (unpaired) electrons. The normalized spacial score (nSPS) is 50.5. The maximum Gasteiger partial charge on any atom is 0.190 e. The third kappa shape index (κ3) is 2.14. The largest absolute Gasteiger partial charge is 0.393 e. The van der Waals surface area contributed by atoms with Crippen LogP contribution < -0.4 is 0 Å². The summed E-state index contributed by atoms with van der Waals surface area (Å²) in [4.78, 5) is 24.3. The van der Waals surface area contributed by atoms with Crippen LogP contribution in [-0.2, 0) is 9.59 Å². The summed E-state index contributed by atoms with van der Waals surface area (Å²) in [5.74, 6) is 0.140. The van der Waals surface area contributed by atoms with Gasteiger partial charge in [-0.3, -0.25) is 9.59 Å². The van der Waals surface area contributed by atoms with Gasteiger partial charge >= 0.3 is 0 Å². The molecule has 0 amide bonds. The molecule has 0 saturated heterocycles. The van der Waals surface area contributed by atoms with E-state index in [0.717, 1.165) is 25.7 Å². The SMILES string of the molecule is C[C@]12CCC(=O)C=C1CC[C@H]1[C@@H]2[C@H](O)C[C@@]2(C)[C@@H]1CC[C@]2(O)C(=O)CO. The number of allylic oxidation sites excluding steroid dienone is 1. The lowest BCUT2D eigenvalue weighted by molar-refractivity contribution is -0.182. The highest BCUT2D eigenvalue weighted by atomic mass is 16.3. The fourth-order valence-electron chi connectivity index (χ4n) is 7.28. The Labute approximate surface area is 154 Å². The highest BCUT2D eigenvalue weighted by Crippen LogP contribution is 2.67. The van der Waals surface area contributed by atoms with Gasteiger partial charge in [-0.25, -0.2) is 0 Å². The van der Waals surface area contributed by atoms with Gasteiger partial charge in [-0.05, 0) is 67.8 Å². The number of fused-ring (bicyclic) bond motifs is 5. The number of hydrogen-bond acceptors (Lipinski definition) is 5. The van der Waals surface area contributed by atoms with Crippen molar-refractivity contribution in [1.29, 1.82) is 0 Å². The molecule has 0 unspecified atom stereocenters. The van der Waals surface area contributed by atoms with Gasteiger partial charge in [-0.1, -0.05) is 19.4 Å². The van der Waals surface area contributed by atoms with E-state index >= 15 is 0 Å². The lowest BCUT2D eigenvalue weighted by atomic mass is 9.45. The van der Waals surface area contributed by atoms with E-state index < -0.39 is 29.5 Å². The maximum atomic E-state index is 12.4. The molecule has 5 nitrogen and oxygen atoms in total. The van der Waals surface area contributed by atoms with E-state index in [0.29, 0.717) is 19.3 Å². The van der Waals surface area contributed by atoms with Crippen molar-refractivity contribution in [1.82, 2.24) is 0 Å². The zero-order valence-corrected chi connectivity index (χ0v) is 15.7. The molecular weight excluding hydrogens is 332 g/mol. The molecule has 0 aromatic carbocycles. The monoisotopic (exact) mass is 362 g/mol. The minimum atomic E-state index is -1.54. The van der Waals surface area contributed by atoms with Gasteiger partial charge in [-0.2, -0.15) is 0 Å². The Morgan fingerprint density at radius 1 is 1.23 bits per heavy atom. The third-order valence-corrected chi connectivity index (χ3v) is 8.65. The Morgan fingerprint density at radius 2 is 1.96 bits per heavy atom. The predicted molar refractivity (Wildman–Crippen MR) is 95.1 cm³/mol. The molecule has 3 saturated carbocycles. The lowest BCUT2D eigenvalue weighted by Crippen LogP contribution is -2.62. The lowest BCUT2D eigenvalue weighted by Gasteiger charge is -2.60. The fraction of sp³-hybridized carbons (Fsp3) is 0.810. The van der Waals surface area contributed by atoms with E-state index in [1.54, 1.807) is 6.08 Å². The van der Waals surface area contributed by atoms with Gasteiger partial charge in [0.25, 0.3) is 0 Å². The van der Waals surface area contributed by atoms with Crippen molar-refractivity contribution in [3.63, 3.8) is 0 Å². The van der Waals surface area contributed by atoms with E-state index in [9.17, 15) is 24.9 Å². The molecular formula is C21H30O5. The number of carbonyl (C=O) groups excluding carboxylic acids is 2. The molecule has 0 aromatic heterocycles. The highest BCUT2D eigenvalue weighted by Gasteiger charge is 2.68. The van der Waals surface area contributed by atoms with Crippen LogP contribution in [0.3, 0.4) is 0 Å². The number of aliphatic hydroxyl groups is 3. The Kier molecular flexibility index (Phi) is 4.04. The summed E-state index contributed by atoms with van der Waals surface area (Å²) < 4.78 is 0. The number of Topliss-reactive ketones (excluding diaryl/α,β-unsaturated/α-hetero) is 1. The number of aliphatic hydroxyl groups excluding tert-OH is 2. The zero-order chi connectivity index (χ0) is 18.9. The van der Waals surface area contributed by atoms with E-state index in [1.807, 2.05) is 6.92 Å². The third-order valence-electron chi connectivity index (χ3n) is 8.65. The molecule has 5 heteroatoms. The second-order valence-corrected chi connectivity index (χ2v) is 9.56. The summed E-state index contributed by atoms with van der Waals surface area (Å²) >= 11 is 0. The smallest absolute Gasteiger partial charge is 0.190 e. The van der Waals surface area contributed by atoms with Crippen molar-refractivity contribution < 1.29 is 24.9 Å². The van der Waals surface area contributed by atoms with Gasteiger partial charge in [0, 0.05) is 11.8 Å². The zero-order valence-electron chi connectivity index (χ0n) is 15.7. The molecule has 4 rings (SSSR count). The molecule has 0 spiro atoms. The molecule has 7 atom stereocenters. The van der Waals surface area contributed by atoms with E-state index in [4.69, 9.17) is 0 Å².